The van der Waals surface area contributed by atoms with Crippen LogP contribution in [0.4, 0.5) is 0 Å². The molecule has 0 saturated heterocycles. The third-order valence-electron chi connectivity index (χ3n) is 4.23. The number of nitrogens with one attached hydrogen (secondary N) is 2. The Kier molecular flexibility index (Phi) is 4.00. The van der Waals surface area contributed by atoms with Crippen molar-refractivity contribution < 1.29 is 23.5 Å². The molecule has 1 aliphatic heterocycles. The number of rotatable bonds is 5. The zero-order chi connectivity index (χ0) is 18.1. The lowest BCUT2D eigenvalue weighted by Gasteiger charge is -2.08. The van der Waals surface area contributed by atoms with Gasteiger partial charge in [-0.2, -0.15) is 0 Å². The molecule has 0 spiro atoms. The summed E-state index contributed by atoms with van der Waals surface area (Å²) in [6, 6.07) is 8.90. The first-order valence-corrected chi connectivity index (χ1v) is 8.08. The second-order valence-corrected chi connectivity index (χ2v) is 5.91. The molecule has 1 aromatic carbocycles. The Morgan fingerprint density at radius 3 is 2.81 bits per heavy atom. The van der Waals surface area contributed by atoms with Crippen LogP contribution >= 0.6 is 0 Å². The summed E-state index contributed by atoms with van der Waals surface area (Å²) in [5.74, 6) is 0.741. The van der Waals surface area contributed by atoms with Gasteiger partial charge >= 0.3 is 0 Å². The predicted octanol–water partition coefficient (Wildman–Crippen LogP) is 1.55. The Morgan fingerprint density at radius 1 is 1.12 bits per heavy atom. The maximum absolute atomic E-state index is 12.3. The molecule has 134 valence electrons. The summed E-state index contributed by atoms with van der Waals surface area (Å²) in [4.78, 5) is 24.2. The number of ether oxygens (including phenoxy) is 2. The Bertz CT molecular complexity index is 988. The van der Waals surface area contributed by atoms with Gasteiger partial charge in [-0.3, -0.25) is 9.59 Å². The average molecular weight is 355 g/mol. The van der Waals surface area contributed by atoms with Crippen molar-refractivity contribution in [3.05, 3.63) is 47.9 Å². The number of benzene rings is 1. The molecule has 0 bridgehead atoms. The summed E-state index contributed by atoms with van der Waals surface area (Å²) in [6.45, 7) is 0.430. The molecule has 2 amide bonds. The highest BCUT2D eigenvalue weighted by molar-refractivity contribution is 5.99. The normalized spacial score (nSPS) is 12.3. The van der Waals surface area contributed by atoms with Gasteiger partial charge in [0.15, 0.2) is 17.1 Å². The minimum atomic E-state index is -0.336. The van der Waals surface area contributed by atoms with Crippen LogP contribution in [0.15, 0.2) is 41.0 Å². The lowest BCUT2D eigenvalue weighted by Crippen LogP contribution is -2.37. The molecule has 0 fully saturated rings. The Morgan fingerprint density at radius 2 is 1.96 bits per heavy atom. The Balaban J connectivity index is 1.30. The van der Waals surface area contributed by atoms with Crippen molar-refractivity contribution in [3.8, 4) is 11.5 Å². The molecule has 1 aliphatic rings. The predicted molar refractivity (Wildman–Crippen MR) is 91.9 cm³/mol. The van der Waals surface area contributed by atoms with Gasteiger partial charge in [-0.15, -0.1) is 0 Å². The highest BCUT2D eigenvalue weighted by Gasteiger charge is 2.16. The summed E-state index contributed by atoms with van der Waals surface area (Å²) in [5.41, 5.74) is 2.77. The van der Waals surface area contributed by atoms with Crippen molar-refractivity contribution in [1.82, 2.24) is 15.2 Å². The fourth-order valence-electron chi connectivity index (χ4n) is 2.83. The van der Waals surface area contributed by atoms with E-state index in [4.69, 9.17) is 13.9 Å². The molecular weight excluding hydrogens is 338 g/mol. The number of aryl methyl sites for hydroxylation is 1. The average Bonchev–Trinajstić information content (AvgIpc) is 3.35. The highest BCUT2D eigenvalue weighted by Crippen LogP contribution is 2.32. The van der Waals surface area contributed by atoms with Gasteiger partial charge in [0, 0.05) is 25.7 Å². The van der Waals surface area contributed by atoms with Crippen molar-refractivity contribution in [2.75, 3.05) is 13.3 Å². The van der Waals surface area contributed by atoms with Crippen LogP contribution in [0.25, 0.3) is 11.1 Å². The van der Waals surface area contributed by atoms with Crippen LogP contribution < -0.4 is 20.1 Å². The number of aromatic nitrogens is 1. The van der Waals surface area contributed by atoms with Crippen molar-refractivity contribution in [2.45, 2.75) is 6.54 Å². The molecule has 26 heavy (non-hydrogen) atoms. The number of fused-ring (bicyclic) bond motifs is 2. The molecule has 8 nitrogen and oxygen atoms in total. The van der Waals surface area contributed by atoms with Gasteiger partial charge in [-0.25, -0.2) is 0 Å². The van der Waals surface area contributed by atoms with Crippen LogP contribution in [0.2, 0.25) is 0 Å². The summed E-state index contributed by atoms with van der Waals surface area (Å²) >= 11 is 0. The highest BCUT2D eigenvalue weighted by atomic mass is 16.7. The molecule has 2 aromatic heterocycles. The van der Waals surface area contributed by atoms with E-state index in [2.05, 4.69) is 10.6 Å². The fourth-order valence-corrected chi connectivity index (χ4v) is 2.83. The number of carbonyl (C=O) groups excluding carboxylic acids is 2. The maximum atomic E-state index is 12.3. The molecule has 0 unspecified atom stereocenters. The summed E-state index contributed by atoms with van der Waals surface area (Å²) in [5, 5.41) is 5.37. The molecule has 0 aliphatic carbocycles. The third-order valence-corrected chi connectivity index (χ3v) is 4.23. The first kappa shape index (κ1) is 16.1. The van der Waals surface area contributed by atoms with Crippen LogP contribution in [0.3, 0.4) is 0 Å². The number of furan rings is 1. The van der Waals surface area contributed by atoms with Crippen LogP contribution in [0.5, 0.6) is 11.5 Å². The van der Waals surface area contributed by atoms with E-state index >= 15 is 0 Å². The third kappa shape index (κ3) is 2.97. The second-order valence-electron chi connectivity index (χ2n) is 5.91. The SMILES string of the molecule is Cn1c(C(=O)NCC(=O)NCc2ccc3c(c2)OCO3)cc2occc21. The minimum absolute atomic E-state index is 0.115. The molecule has 0 saturated carbocycles. The van der Waals surface area contributed by atoms with Crippen molar-refractivity contribution >= 4 is 22.9 Å². The quantitative estimate of drug-likeness (QED) is 0.724. The van der Waals surface area contributed by atoms with Crippen LogP contribution in [-0.2, 0) is 18.4 Å². The number of carbonyl (C=O) groups is 2. The maximum Gasteiger partial charge on any atom is 0.268 e. The van der Waals surface area contributed by atoms with Crippen LogP contribution in [0.1, 0.15) is 16.1 Å². The molecule has 8 heteroatoms. The van der Waals surface area contributed by atoms with Crippen LogP contribution in [0, 0.1) is 0 Å². The number of hydrogen-bond donors (Lipinski definition) is 2. The molecule has 2 N–H and O–H groups in total. The van der Waals surface area contributed by atoms with Crippen LogP contribution in [-0.4, -0.2) is 29.7 Å². The fraction of sp³-hybridized carbons (Fsp3) is 0.222. The molecular formula is C18H17N3O5. The smallest absolute Gasteiger partial charge is 0.268 e. The van der Waals surface area contributed by atoms with Crippen molar-refractivity contribution in [3.63, 3.8) is 0 Å². The van der Waals surface area contributed by atoms with E-state index in [-0.39, 0.29) is 25.2 Å². The van der Waals surface area contributed by atoms with Gasteiger partial charge in [0.05, 0.1) is 18.3 Å². The molecule has 3 heterocycles. The van der Waals surface area contributed by atoms with Gasteiger partial charge in [-0.05, 0) is 17.7 Å². The first-order valence-electron chi connectivity index (χ1n) is 8.08. The lowest BCUT2D eigenvalue weighted by atomic mass is 10.2. The van der Waals surface area contributed by atoms with E-state index in [9.17, 15) is 9.59 Å². The summed E-state index contributed by atoms with van der Waals surface area (Å²) in [7, 11) is 1.77. The van der Waals surface area contributed by atoms with Crippen molar-refractivity contribution in [2.24, 2.45) is 7.05 Å². The standard InChI is InChI=1S/C18H17N3O5/c1-21-12-4-5-24-15(12)7-13(21)18(23)20-9-17(22)19-8-11-2-3-14-16(6-11)26-10-25-14/h2-7H,8-10H2,1H3,(H,19,22)(H,20,23). The number of amides is 2. The second kappa shape index (κ2) is 6.47. The zero-order valence-electron chi connectivity index (χ0n) is 14.1. The topological polar surface area (TPSA) is 94.7 Å². The van der Waals surface area contributed by atoms with Gasteiger partial charge < -0.3 is 29.1 Å². The molecule has 0 atom stereocenters. The van der Waals surface area contributed by atoms with E-state index in [0.717, 1.165) is 11.1 Å². The van der Waals surface area contributed by atoms with E-state index in [0.29, 0.717) is 29.3 Å². The lowest BCUT2D eigenvalue weighted by molar-refractivity contribution is -0.120. The minimum Gasteiger partial charge on any atom is -0.463 e. The van der Waals surface area contributed by atoms with Gasteiger partial charge in [0.25, 0.3) is 5.91 Å². The van der Waals surface area contributed by atoms with E-state index in [1.807, 2.05) is 12.1 Å². The van der Waals surface area contributed by atoms with Gasteiger partial charge in [0.1, 0.15) is 5.69 Å². The van der Waals surface area contributed by atoms with Crippen molar-refractivity contribution in [1.29, 1.82) is 0 Å². The monoisotopic (exact) mass is 355 g/mol. The summed E-state index contributed by atoms with van der Waals surface area (Å²) in [6.07, 6.45) is 1.57. The van der Waals surface area contributed by atoms with Gasteiger partial charge in [0.2, 0.25) is 12.7 Å². The Hall–Kier alpha value is -3.42. The summed E-state index contributed by atoms with van der Waals surface area (Å²) < 4.78 is 17.5. The van der Waals surface area contributed by atoms with Gasteiger partial charge in [-0.1, -0.05) is 6.07 Å². The van der Waals surface area contributed by atoms with E-state index in [1.54, 1.807) is 36.1 Å². The molecule has 4 rings (SSSR count). The zero-order valence-corrected chi connectivity index (χ0v) is 14.1. The largest absolute Gasteiger partial charge is 0.463 e. The Labute approximate surface area is 148 Å². The van der Waals surface area contributed by atoms with E-state index < -0.39 is 0 Å². The number of nitrogens with zero attached hydrogens (tertiary/aromatic N) is 1. The van der Waals surface area contributed by atoms with E-state index in [1.165, 1.54) is 0 Å². The first-order chi connectivity index (χ1) is 12.6. The molecule has 0 radical (unpaired) electrons. The number of hydrogen-bond acceptors (Lipinski definition) is 5. The molecule has 3 aromatic rings.